The Kier molecular flexibility index (Phi) is 5.26. The molecule has 3 heterocycles. The number of thiophene rings is 1. The average Bonchev–Trinajstić information content (AvgIpc) is 3.36. The number of anilines is 2. The molecule has 0 radical (unpaired) electrons. The van der Waals surface area contributed by atoms with Crippen LogP contribution in [0, 0.1) is 0 Å². The van der Waals surface area contributed by atoms with Gasteiger partial charge in [-0.3, -0.25) is 9.59 Å². The van der Waals surface area contributed by atoms with Crippen molar-refractivity contribution in [1.82, 2.24) is 5.32 Å². The van der Waals surface area contributed by atoms with E-state index in [4.69, 9.17) is 9.47 Å². The van der Waals surface area contributed by atoms with Crippen molar-refractivity contribution in [2.24, 2.45) is 0 Å². The third kappa shape index (κ3) is 4.23. The maximum atomic E-state index is 12.5. The first-order valence-corrected chi connectivity index (χ1v) is 9.89. The van der Waals surface area contributed by atoms with Gasteiger partial charge in [-0.15, -0.1) is 11.3 Å². The van der Waals surface area contributed by atoms with Crippen LogP contribution >= 0.6 is 11.3 Å². The molecular weight excluding hydrogens is 366 g/mol. The first kappa shape index (κ1) is 17.8. The molecule has 1 atom stereocenters. The minimum absolute atomic E-state index is 0.0994. The van der Waals surface area contributed by atoms with Crippen molar-refractivity contribution < 1.29 is 19.1 Å². The zero-order chi connectivity index (χ0) is 18.6. The van der Waals surface area contributed by atoms with Crippen molar-refractivity contribution in [3.05, 3.63) is 34.5 Å². The standard InChI is InChI=1S/C19H21N3O4S/c23-18(9-12-3-1-5-20-12)21-13-10-15-16(26-7-6-25-15)11-14(13)22-19(24)17-4-2-8-27-17/h2,4,8,10-12,20H,1,3,5-7,9H2,(H,21,23)(H,22,24). The molecular formula is C19H21N3O4S. The summed E-state index contributed by atoms with van der Waals surface area (Å²) in [6.07, 6.45) is 2.48. The van der Waals surface area contributed by atoms with Crippen LogP contribution in [0.25, 0.3) is 0 Å². The highest BCUT2D eigenvalue weighted by molar-refractivity contribution is 7.12. The predicted molar refractivity (Wildman–Crippen MR) is 104 cm³/mol. The molecule has 4 rings (SSSR count). The molecule has 0 saturated carbocycles. The second kappa shape index (κ2) is 7.98. The van der Waals surface area contributed by atoms with Gasteiger partial charge < -0.3 is 25.4 Å². The summed E-state index contributed by atoms with van der Waals surface area (Å²) in [7, 11) is 0. The van der Waals surface area contributed by atoms with Gasteiger partial charge in [0.25, 0.3) is 5.91 Å². The fourth-order valence-corrected chi connectivity index (χ4v) is 3.86. The van der Waals surface area contributed by atoms with E-state index in [-0.39, 0.29) is 17.9 Å². The van der Waals surface area contributed by atoms with Crippen LogP contribution in [0.3, 0.4) is 0 Å². The van der Waals surface area contributed by atoms with Crippen LogP contribution in [0.5, 0.6) is 11.5 Å². The number of nitrogens with one attached hydrogen (secondary N) is 3. The highest BCUT2D eigenvalue weighted by atomic mass is 32.1. The number of carbonyl (C=O) groups excluding carboxylic acids is 2. The summed E-state index contributed by atoms with van der Waals surface area (Å²) < 4.78 is 11.2. The first-order chi connectivity index (χ1) is 13.2. The van der Waals surface area contributed by atoms with Crippen molar-refractivity contribution in [2.45, 2.75) is 25.3 Å². The lowest BCUT2D eigenvalue weighted by atomic mass is 10.1. The van der Waals surface area contributed by atoms with Gasteiger partial charge in [-0.05, 0) is 30.8 Å². The molecule has 142 valence electrons. The van der Waals surface area contributed by atoms with Crippen molar-refractivity contribution in [3.8, 4) is 11.5 Å². The molecule has 1 saturated heterocycles. The fourth-order valence-electron chi connectivity index (χ4n) is 3.24. The highest BCUT2D eigenvalue weighted by Gasteiger charge is 2.21. The first-order valence-electron chi connectivity index (χ1n) is 9.01. The maximum Gasteiger partial charge on any atom is 0.265 e. The van der Waals surface area contributed by atoms with Gasteiger partial charge in [0.05, 0.1) is 16.3 Å². The third-order valence-corrected chi connectivity index (χ3v) is 5.41. The fraction of sp³-hybridized carbons (Fsp3) is 0.368. The van der Waals surface area contributed by atoms with Crippen LogP contribution in [-0.4, -0.2) is 37.6 Å². The molecule has 0 bridgehead atoms. The van der Waals surface area contributed by atoms with Gasteiger partial charge in [0.1, 0.15) is 13.2 Å². The number of hydrogen-bond acceptors (Lipinski definition) is 6. The van der Waals surface area contributed by atoms with E-state index in [1.54, 1.807) is 18.2 Å². The topological polar surface area (TPSA) is 88.7 Å². The summed E-state index contributed by atoms with van der Waals surface area (Å²) >= 11 is 1.36. The van der Waals surface area contributed by atoms with Gasteiger partial charge >= 0.3 is 0 Å². The summed E-state index contributed by atoms with van der Waals surface area (Å²) in [5, 5.41) is 10.9. The van der Waals surface area contributed by atoms with Gasteiger partial charge in [0, 0.05) is 24.6 Å². The molecule has 0 spiro atoms. The molecule has 1 aromatic carbocycles. The Labute approximate surface area is 161 Å². The minimum atomic E-state index is -0.227. The second-order valence-corrected chi connectivity index (χ2v) is 7.47. The zero-order valence-electron chi connectivity index (χ0n) is 14.7. The zero-order valence-corrected chi connectivity index (χ0v) is 15.6. The quantitative estimate of drug-likeness (QED) is 0.734. The van der Waals surface area contributed by atoms with E-state index in [1.807, 2.05) is 11.4 Å². The Morgan fingerprint density at radius 1 is 1.15 bits per heavy atom. The van der Waals surface area contributed by atoms with Gasteiger partial charge in [0.2, 0.25) is 5.91 Å². The van der Waals surface area contributed by atoms with E-state index in [0.717, 1.165) is 19.4 Å². The number of rotatable bonds is 5. The van der Waals surface area contributed by atoms with E-state index in [2.05, 4.69) is 16.0 Å². The number of benzene rings is 1. The lowest BCUT2D eigenvalue weighted by molar-refractivity contribution is -0.116. The van der Waals surface area contributed by atoms with E-state index in [0.29, 0.717) is 47.4 Å². The van der Waals surface area contributed by atoms with Crippen LogP contribution in [0.15, 0.2) is 29.6 Å². The molecule has 1 unspecified atom stereocenters. The summed E-state index contributed by atoms with van der Waals surface area (Å²) in [4.78, 5) is 25.5. The molecule has 27 heavy (non-hydrogen) atoms. The van der Waals surface area contributed by atoms with Crippen LogP contribution < -0.4 is 25.4 Å². The number of carbonyl (C=O) groups is 2. The van der Waals surface area contributed by atoms with E-state index in [1.165, 1.54) is 11.3 Å². The summed E-state index contributed by atoms with van der Waals surface area (Å²) in [5.41, 5.74) is 0.998. The summed E-state index contributed by atoms with van der Waals surface area (Å²) in [6, 6.07) is 7.18. The van der Waals surface area contributed by atoms with Crippen molar-refractivity contribution in [1.29, 1.82) is 0 Å². The normalized spacial score (nSPS) is 18.1. The minimum Gasteiger partial charge on any atom is -0.486 e. The smallest absolute Gasteiger partial charge is 0.265 e. The molecule has 2 aromatic rings. The molecule has 1 aromatic heterocycles. The van der Waals surface area contributed by atoms with Gasteiger partial charge in [-0.25, -0.2) is 0 Å². The van der Waals surface area contributed by atoms with Crippen molar-refractivity contribution in [2.75, 3.05) is 30.4 Å². The largest absolute Gasteiger partial charge is 0.486 e. The third-order valence-electron chi connectivity index (χ3n) is 4.54. The Balaban J connectivity index is 1.55. The lowest BCUT2D eigenvalue weighted by Crippen LogP contribution is -2.28. The number of amides is 2. The Hall–Kier alpha value is -2.58. The van der Waals surface area contributed by atoms with Gasteiger partial charge in [-0.1, -0.05) is 6.07 Å². The molecule has 8 heteroatoms. The van der Waals surface area contributed by atoms with Gasteiger partial charge in [-0.2, -0.15) is 0 Å². The molecule has 0 aliphatic carbocycles. The summed E-state index contributed by atoms with van der Waals surface area (Å²) in [5.74, 6) is 0.787. The Bertz CT molecular complexity index is 832. The number of fused-ring (bicyclic) bond motifs is 1. The van der Waals surface area contributed by atoms with Crippen LogP contribution in [-0.2, 0) is 4.79 Å². The Morgan fingerprint density at radius 2 is 1.89 bits per heavy atom. The maximum absolute atomic E-state index is 12.5. The van der Waals surface area contributed by atoms with E-state index in [9.17, 15) is 9.59 Å². The van der Waals surface area contributed by atoms with Crippen LogP contribution in [0.2, 0.25) is 0 Å². The molecule has 2 aliphatic heterocycles. The molecule has 7 nitrogen and oxygen atoms in total. The monoisotopic (exact) mass is 387 g/mol. The van der Waals surface area contributed by atoms with Crippen molar-refractivity contribution in [3.63, 3.8) is 0 Å². The lowest BCUT2D eigenvalue weighted by Gasteiger charge is -2.22. The number of ether oxygens (including phenoxy) is 2. The molecule has 2 amide bonds. The predicted octanol–water partition coefficient (Wildman–Crippen LogP) is 2.85. The average molecular weight is 387 g/mol. The van der Waals surface area contributed by atoms with Crippen LogP contribution in [0.4, 0.5) is 11.4 Å². The van der Waals surface area contributed by atoms with Crippen molar-refractivity contribution >= 4 is 34.5 Å². The summed E-state index contributed by atoms with van der Waals surface area (Å²) in [6.45, 7) is 1.85. The molecule has 1 fully saturated rings. The SMILES string of the molecule is O=C(CC1CCCN1)Nc1cc2c(cc1NC(=O)c1cccs1)OCCO2. The molecule has 3 N–H and O–H groups in total. The van der Waals surface area contributed by atoms with E-state index >= 15 is 0 Å². The van der Waals surface area contributed by atoms with Crippen LogP contribution in [0.1, 0.15) is 28.9 Å². The van der Waals surface area contributed by atoms with E-state index < -0.39 is 0 Å². The highest BCUT2D eigenvalue weighted by Crippen LogP contribution is 2.38. The molecule has 2 aliphatic rings. The Morgan fingerprint density at radius 3 is 2.52 bits per heavy atom. The second-order valence-electron chi connectivity index (χ2n) is 6.52. The number of hydrogen-bond donors (Lipinski definition) is 3. The van der Waals surface area contributed by atoms with Gasteiger partial charge in [0.15, 0.2) is 11.5 Å².